The van der Waals surface area contributed by atoms with E-state index in [9.17, 15) is 14.4 Å². The van der Waals surface area contributed by atoms with Crippen LogP contribution in [0.25, 0.3) is 0 Å². The number of amides is 1. The van der Waals surface area contributed by atoms with Gasteiger partial charge in [0.1, 0.15) is 5.41 Å². The molecule has 1 aliphatic heterocycles. The molecule has 0 aromatic heterocycles. The Balaban J connectivity index is 1.99. The number of piperazine rings is 1. The summed E-state index contributed by atoms with van der Waals surface area (Å²) in [7, 11) is 2.11. The molecule has 2 aliphatic carbocycles. The lowest BCUT2D eigenvalue weighted by atomic mass is 9.64. The number of carbonyl (C=O) groups excluding carboxylic acids is 3. The molecule has 3 rings (SSSR count). The van der Waals surface area contributed by atoms with Gasteiger partial charge in [0.05, 0.1) is 33.2 Å². The summed E-state index contributed by atoms with van der Waals surface area (Å²) >= 11 is 0. The average Bonchev–Trinajstić information content (AvgIpc) is 2.71. The van der Waals surface area contributed by atoms with E-state index in [1.807, 2.05) is 25.7 Å². The highest BCUT2D eigenvalue weighted by atomic mass is 16.2. The molecular weight excluding hydrogens is 268 g/mol. The third kappa shape index (κ3) is 1.48. The third-order valence-corrected chi connectivity index (χ3v) is 6.81. The first kappa shape index (κ1) is 14.7. The lowest BCUT2D eigenvalue weighted by Gasteiger charge is -2.41. The molecule has 5 heteroatoms. The van der Waals surface area contributed by atoms with Gasteiger partial charge in [-0.1, -0.05) is 20.8 Å². The van der Waals surface area contributed by atoms with Gasteiger partial charge in [0.25, 0.3) is 0 Å². The van der Waals surface area contributed by atoms with Gasteiger partial charge < -0.3 is 9.80 Å². The summed E-state index contributed by atoms with van der Waals surface area (Å²) in [6, 6.07) is 0. The Hall–Kier alpha value is -1.23. The van der Waals surface area contributed by atoms with Crippen LogP contribution in [0.2, 0.25) is 0 Å². The number of quaternary nitrogens is 1. The van der Waals surface area contributed by atoms with Crippen molar-refractivity contribution in [2.45, 2.75) is 33.6 Å². The van der Waals surface area contributed by atoms with Gasteiger partial charge in [-0.15, -0.1) is 0 Å². The Kier molecular flexibility index (Phi) is 2.91. The molecule has 3 fully saturated rings. The van der Waals surface area contributed by atoms with Crippen molar-refractivity contribution >= 4 is 17.5 Å². The molecule has 2 saturated carbocycles. The number of ketones is 2. The van der Waals surface area contributed by atoms with Crippen LogP contribution in [0.4, 0.5) is 0 Å². The number of rotatable bonds is 1. The zero-order valence-electron chi connectivity index (χ0n) is 13.4. The molecule has 0 aromatic carbocycles. The number of hydrogen-bond acceptors (Lipinski definition) is 3. The number of carbonyl (C=O) groups is 3. The van der Waals surface area contributed by atoms with Crippen molar-refractivity contribution in [1.82, 2.24) is 4.90 Å². The van der Waals surface area contributed by atoms with Crippen LogP contribution >= 0.6 is 0 Å². The predicted octanol–water partition coefficient (Wildman–Crippen LogP) is -0.692. The van der Waals surface area contributed by atoms with Gasteiger partial charge in [0.2, 0.25) is 17.5 Å². The van der Waals surface area contributed by atoms with Crippen LogP contribution in [0.3, 0.4) is 0 Å². The normalized spacial score (nSPS) is 39.1. The van der Waals surface area contributed by atoms with Gasteiger partial charge >= 0.3 is 0 Å². The fourth-order valence-electron chi connectivity index (χ4n) is 4.61. The van der Waals surface area contributed by atoms with Crippen molar-refractivity contribution in [1.29, 1.82) is 0 Å². The first-order chi connectivity index (χ1) is 9.68. The Morgan fingerprint density at radius 1 is 1.05 bits per heavy atom. The third-order valence-electron chi connectivity index (χ3n) is 6.81. The van der Waals surface area contributed by atoms with Gasteiger partial charge in [-0.3, -0.25) is 14.4 Å². The summed E-state index contributed by atoms with van der Waals surface area (Å²) in [6.45, 7) is 8.90. The molecule has 1 saturated heterocycles. The minimum atomic E-state index is -1.11. The number of hydrogen-bond donors (Lipinski definition) is 1. The van der Waals surface area contributed by atoms with Crippen molar-refractivity contribution in [2.75, 3.05) is 33.2 Å². The van der Waals surface area contributed by atoms with Crippen LogP contribution in [0, 0.1) is 16.2 Å². The maximum absolute atomic E-state index is 13.1. The molecule has 2 bridgehead atoms. The first-order valence-electron chi connectivity index (χ1n) is 7.88. The van der Waals surface area contributed by atoms with E-state index >= 15 is 0 Å². The van der Waals surface area contributed by atoms with Crippen LogP contribution in [0.15, 0.2) is 0 Å². The smallest absolute Gasteiger partial charge is 0.237 e. The topological polar surface area (TPSA) is 58.9 Å². The number of Topliss-reactive ketones (excluding diaryl/α,β-unsaturated/α-hetero) is 2. The van der Waals surface area contributed by atoms with E-state index in [2.05, 4.69) is 7.05 Å². The van der Waals surface area contributed by atoms with E-state index in [0.29, 0.717) is 25.9 Å². The highest BCUT2D eigenvalue weighted by molar-refractivity contribution is 6.48. The number of nitrogens with zero attached hydrogens (tertiary/aromatic N) is 1. The second-order valence-corrected chi connectivity index (χ2v) is 7.77. The monoisotopic (exact) mass is 293 g/mol. The standard InChI is InChI=1S/C16H24N2O3/c1-14(2)15(3)5-6-16(14,12(20)11(15)19)13(21)18-9-7-17(4)8-10-18/h5-10H2,1-4H3/p+1/t15-,16-/m0/s1. The Morgan fingerprint density at radius 2 is 1.62 bits per heavy atom. The van der Waals surface area contributed by atoms with Gasteiger partial charge in [-0.2, -0.15) is 0 Å². The molecule has 0 radical (unpaired) electrons. The van der Waals surface area contributed by atoms with E-state index in [-0.39, 0.29) is 11.7 Å². The fraction of sp³-hybridized carbons (Fsp3) is 0.812. The SMILES string of the molecule is C[NH+]1CCN(C(=O)[C@]23CC[C@@](C)(C(=O)C2=O)C3(C)C)CC1. The quantitative estimate of drug-likeness (QED) is 0.514. The molecule has 21 heavy (non-hydrogen) atoms. The number of likely N-dealkylation sites (N-methyl/N-ethyl adjacent to an activating group) is 1. The van der Waals surface area contributed by atoms with Crippen molar-refractivity contribution in [3.8, 4) is 0 Å². The zero-order valence-corrected chi connectivity index (χ0v) is 13.4. The second-order valence-electron chi connectivity index (χ2n) is 7.77. The second kappa shape index (κ2) is 4.15. The van der Waals surface area contributed by atoms with Crippen molar-refractivity contribution in [2.24, 2.45) is 16.2 Å². The van der Waals surface area contributed by atoms with Gasteiger partial charge in [0, 0.05) is 5.41 Å². The zero-order chi connectivity index (χ0) is 15.6. The maximum Gasteiger partial charge on any atom is 0.237 e. The molecule has 5 nitrogen and oxygen atoms in total. The van der Waals surface area contributed by atoms with Gasteiger partial charge in [0.15, 0.2) is 0 Å². The van der Waals surface area contributed by atoms with E-state index in [0.717, 1.165) is 13.1 Å². The molecule has 0 unspecified atom stereocenters. The van der Waals surface area contributed by atoms with Crippen LogP contribution in [-0.2, 0) is 14.4 Å². The molecule has 0 aromatic rings. The summed E-state index contributed by atoms with van der Waals surface area (Å²) in [4.78, 5) is 41.4. The summed E-state index contributed by atoms with van der Waals surface area (Å²) in [5.74, 6) is -0.857. The predicted molar refractivity (Wildman–Crippen MR) is 76.8 cm³/mol. The Morgan fingerprint density at radius 3 is 2.10 bits per heavy atom. The fourth-order valence-corrected chi connectivity index (χ4v) is 4.61. The largest absolute Gasteiger partial charge is 0.334 e. The van der Waals surface area contributed by atoms with Crippen LogP contribution < -0.4 is 4.90 Å². The van der Waals surface area contributed by atoms with E-state index < -0.39 is 22.0 Å². The van der Waals surface area contributed by atoms with E-state index in [1.54, 1.807) is 0 Å². The minimum absolute atomic E-state index is 0.0976. The van der Waals surface area contributed by atoms with Gasteiger partial charge in [-0.25, -0.2) is 0 Å². The summed E-state index contributed by atoms with van der Waals surface area (Å²) < 4.78 is 0. The van der Waals surface area contributed by atoms with Crippen molar-refractivity contribution < 1.29 is 19.3 Å². The molecule has 3 aliphatic rings. The lowest BCUT2D eigenvalue weighted by Crippen LogP contribution is -3.12. The molecule has 2 atom stereocenters. The Labute approximate surface area is 125 Å². The van der Waals surface area contributed by atoms with Crippen molar-refractivity contribution in [3.05, 3.63) is 0 Å². The lowest BCUT2D eigenvalue weighted by molar-refractivity contribution is -0.883. The summed E-state index contributed by atoms with van der Waals surface area (Å²) in [5.41, 5.74) is -2.36. The van der Waals surface area contributed by atoms with Gasteiger partial charge in [-0.05, 0) is 18.3 Å². The Bertz CT molecular complexity index is 534. The minimum Gasteiger partial charge on any atom is -0.334 e. The summed E-state index contributed by atoms with van der Waals surface area (Å²) in [6.07, 6.45) is 1.18. The van der Waals surface area contributed by atoms with E-state index in [4.69, 9.17) is 0 Å². The number of nitrogens with one attached hydrogen (secondary N) is 1. The number of fused-ring (bicyclic) bond motifs is 2. The van der Waals surface area contributed by atoms with Crippen LogP contribution in [0.1, 0.15) is 33.6 Å². The average molecular weight is 293 g/mol. The van der Waals surface area contributed by atoms with Crippen molar-refractivity contribution in [3.63, 3.8) is 0 Å². The molecule has 1 N–H and O–H groups in total. The van der Waals surface area contributed by atoms with Crippen LogP contribution in [0.5, 0.6) is 0 Å². The molecular formula is C16H25N2O3+. The molecule has 1 heterocycles. The maximum atomic E-state index is 13.1. The van der Waals surface area contributed by atoms with E-state index in [1.165, 1.54) is 4.90 Å². The highest BCUT2D eigenvalue weighted by Crippen LogP contribution is 2.69. The molecule has 116 valence electrons. The van der Waals surface area contributed by atoms with Crippen LogP contribution in [-0.4, -0.2) is 55.6 Å². The summed E-state index contributed by atoms with van der Waals surface area (Å²) in [5, 5.41) is 0. The molecule has 1 amide bonds. The molecule has 0 spiro atoms. The first-order valence-corrected chi connectivity index (χ1v) is 7.88. The highest BCUT2D eigenvalue weighted by Gasteiger charge is 2.78.